The Morgan fingerprint density at radius 3 is 2.43 bits per heavy atom. The van der Waals surface area contributed by atoms with Crippen LogP contribution in [-0.4, -0.2) is 18.1 Å². The van der Waals surface area contributed by atoms with Gasteiger partial charge in [-0.3, -0.25) is 0 Å². The van der Waals surface area contributed by atoms with E-state index in [9.17, 15) is 0 Å². The van der Waals surface area contributed by atoms with Crippen LogP contribution in [0.1, 0.15) is 64.6 Å². The quantitative estimate of drug-likeness (QED) is 0.594. The summed E-state index contributed by atoms with van der Waals surface area (Å²) in [6, 6.07) is 4.44. The van der Waals surface area contributed by atoms with Crippen LogP contribution in [0.15, 0.2) is 12.1 Å². The van der Waals surface area contributed by atoms with Crippen molar-refractivity contribution in [3.63, 3.8) is 0 Å². The van der Waals surface area contributed by atoms with Gasteiger partial charge >= 0.3 is 0 Å². The molecular formula is C18H33N3. The lowest BCUT2D eigenvalue weighted by Gasteiger charge is -2.15. The second-order valence-corrected chi connectivity index (χ2v) is 5.84. The van der Waals surface area contributed by atoms with Crippen molar-refractivity contribution >= 4 is 5.82 Å². The summed E-state index contributed by atoms with van der Waals surface area (Å²) in [6.45, 7) is 12.0. The highest BCUT2D eigenvalue weighted by Gasteiger charge is 2.06. The number of nitrogens with zero attached hydrogens (tertiary/aromatic N) is 1. The van der Waals surface area contributed by atoms with Gasteiger partial charge in [0.1, 0.15) is 5.82 Å². The number of nitrogens with one attached hydrogen (secondary N) is 2. The molecular weight excluding hydrogens is 258 g/mol. The number of hydrogen-bond acceptors (Lipinski definition) is 3. The van der Waals surface area contributed by atoms with Crippen molar-refractivity contribution < 1.29 is 0 Å². The molecule has 0 aromatic carbocycles. The summed E-state index contributed by atoms with van der Waals surface area (Å²) in [7, 11) is 0. The van der Waals surface area contributed by atoms with Gasteiger partial charge in [-0.2, -0.15) is 0 Å². The molecule has 2 N–H and O–H groups in total. The zero-order valence-electron chi connectivity index (χ0n) is 14.3. The van der Waals surface area contributed by atoms with E-state index in [0.29, 0.717) is 0 Å². The van der Waals surface area contributed by atoms with Gasteiger partial charge in [-0.05, 0) is 43.0 Å². The maximum atomic E-state index is 4.75. The minimum Gasteiger partial charge on any atom is -0.370 e. The Bertz CT molecular complexity index is 386. The SMILES string of the molecule is CCCNCc1cc(CCC)nc(NCC(CC)CC)c1. The van der Waals surface area contributed by atoms with Crippen LogP contribution in [-0.2, 0) is 13.0 Å². The Hall–Kier alpha value is -1.09. The second kappa shape index (κ2) is 10.6. The van der Waals surface area contributed by atoms with Crippen molar-refractivity contribution in [3.05, 3.63) is 23.4 Å². The summed E-state index contributed by atoms with van der Waals surface area (Å²) in [6.07, 6.45) is 5.82. The van der Waals surface area contributed by atoms with Crippen molar-refractivity contribution in [1.29, 1.82) is 0 Å². The fourth-order valence-corrected chi connectivity index (χ4v) is 2.46. The van der Waals surface area contributed by atoms with E-state index >= 15 is 0 Å². The van der Waals surface area contributed by atoms with Gasteiger partial charge in [0.05, 0.1) is 0 Å². The number of pyridine rings is 1. The summed E-state index contributed by atoms with van der Waals surface area (Å²) < 4.78 is 0. The lowest BCUT2D eigenvalue weighted by molar-refractivity contribution is 0.518. The van der Waals surface area contributed by atoms with E-state index in [1.54, 1.807) is 0 Å². The first-order valence-electron chi connectivity index (χ1n) is 8.67. The third kappa shape index (κ3) is 6.94. The Morgan fingerprint density at radius 2 is 1.81 bits per heavy atom. The van der Waals surface area contributed by atoms with Gasteiger partial charge in [-0.1, -0.05) is 47.0 Å². The topological polar surface area (TPSA) is 37.0 Å². The Balaban J connectivity index is 2.71. The summed E-state index contributed by atoms with van der Waals surface area (Å²) in [5, 5.41) is 7.02. The molecule has 0 aliphatic rings. The number of anilines is 1. The first kappa shape index (κ1) is 18.0. The molecule has 0 fully saturated rings. The Morgan fingerprint density at radius 1 is 1.05 bits per heavy atom. The maximum Gasteiger partial charge on any atom is 0.126 e. The van der Waals surface area contributed by atoms with E-state index in [2.05, 4.69) is 50.5 Å². The van der Waals surface area contributed by atoms with Gasteiger partial charge in [0, 0.05) is 18.8 Å². The molecule has 0 atom stereocenters. The molecule has 0 aliphatic heterocycles. The zero-order valence-corrected chi connectivity index (χ0v) is 14.3. The van der Waals surface area contributed by atoms with Crippen molar-refractivity contribution in [1.82, 2.24) is 10.3 Å². The highest BCUT2D eigenvalue weighted by molar-refractivity contribution is 5.40. The van der Waals surface area contributed by atoms with Crippen LogP contribution in [0.25, 0.3) is 0 Å². The smallest absolute Gasteiger partial charge is 0.126 e. The molecule has 0 unspecified atom stereocenters. The van der Waals surface area contributed by atoms with Gasteiger partial charge in [0.15, 0.2) is 0 Å². The summed E-state index contributed by atoms with van der Waals surface area (Å²) in [5.41, 5.74) is 2.55. The molecule has 0 saturated heterocycles. The van der Waals surface area contributed by atoms with E-state index in [-0.39, 0.29) is 0 Å². The molecule has 1 aromatic rings. The fourth-order valence-electron chi connectivity index (χ4n) is 2.46. The van der Waals surface area contributed by atoms with Crippen LogP contribution in [0.5, 0.6) is 0 Å². The van der Waals surface area contributed by atoms with E-state index in [1.165, 1.54) is 30.5 Å². The minimum atomic E-state index is 0.739. The highest BCUT2D eigenvalue weighted by atomic mass is 15.0. The summed E-state index contributed by atoms with van der Waals surface area (Å²) in [5.74, 6) is 1.78. The van der Waals surface area contributed by atoms with Crippen LogP contribution >= 0.6 is 0 Å². The van der Waals surface area contributed by atoms with Crippen LogP contribution < -0.4 is 10.6 Å². The van der Waals surface area contributed by atoms with Gasteiger partial charge < -0.3 is 10.6 Å². The van der Waals surface area contributed by atoms with Gasteiger partial charge in [-0.15, -0.1) is 0 Å². The second-order valence-electron chi connectivity index (χ2n) is 5.84. The van der Waals surface area contributed by atoms with Crippen molar-refractivity contribution in [3.8, 4) is 0 Å². The van der Waals surface area contributed by atoms with Crippen LogP contribution in [0.4, 0.5) is 5.82 Å². The van der Waals surface area contributed by atoms with Gasteiger partial charge in [-0.25, -0.2) is 4.98 Å². The molecule has 21 heavy (non-hydrogen) atoms. The Labute approximate surface area is 130 Å². The van der Waals surface area contributed by atoms with Crippen LogP contribution in [0, 0.1) is 5.92 Å². The molecule has 1 rings (SSSR count). The van der Waals surface area contributed by atoms with E-state index in [0.717, 1.165) is 44.2 Å². The molecule has 0 bridgehead atoms. The molecule has 3 nitrogen and oxygen atoms in total. The average molecular weight is 291 g/mol. The first-order valence-corrected chi connectivity index (χ1v) is 8.67. The summed E-state index contributed by atoms with van der Waals surface area (Å²) >= 11 is 0. The number of rotatable bonds is 11. The molecule has 0 spiro atoms. The lowest BCUT2D eigenvalue weighted by atomic mass is 10.0. The predicted octanol–water partition coefficient (Wildman–Crippen LogP) is 4.38. The maximum absolute atomic E-state index is 4.75. The van der Waals surface area contributed by atoms with Crippen molar-refractivity contribution in [2.75, 3.05) is 18.4 Å². The van der Waals surface area contributed by atoms with Crippen LogP contribution in [0.2, 0.25) is 0 Å². The van der Waals surface area contributed by atoms with E-state index in [4.69, 9.17) is 4.98 Å². The normalized spacial score (nSPS) is 11.1. The molecule has 0 saturated carbocycles. The fraction of sp³-hybridized carbons (Fsp3) is 0.722. The minimum absolute atomic E-state index is 0.739. The molecule has 120 valence electrons. The molecule has 0 radical (unpaired) electrons. The van der Waals surface area contributed by atoms with Crippen molar-refractivity contribution in [2.24, 2.45) is 5.92 Å². The number of aryl methyl sites for hydroxylation is 1. The van der Waals surface area contributed by atoms with E-state index in [1.807, 2.05) is 0 Å². The lowest BCUT2D eigenvalue weighted by Crippen LogP contribution is -2.16. The standard InChI is InChI=1S/C18H33N3/c1-5-9-17-11-16(13-19-10-6-2)12-18(21-17)20-14-15(7-3)8-4/h11-12,15,19H,5-10,13-14H2,1-4H3,(H,20,21). The number of hydrogen-bond donors (Lipinski definition) is 2. The van der Waals surface area contributed by atoms with Gasteiger partial charge in [0.25, 0.3) is 0 Å². The first-order chi connectivity index (χ1) is 10.2. The average Bonchev–Trinajstić information content (AvgIpc) is 2.49. The molecule has 1 heterocycles. The van der Waals surface area contributed by atoms with Gasteiger partial charge in [0.2, 0.25) is 0 Å². The van der Waals surface area contributed by atoms with Crippen LogP contribution in [0.3, 0.4) is 0 Å². The monoisotopic (exact) mass is 291 g/mol. The largest absolute Gasteiger partial charge is 0.370 e. The number of aromatic nitrogens is 1. The molecule has 3 heteroatoms. The molecule has 0 aliphatic carbocycles. The summed E-state index contributed by atoms with van der Waals surface area (Å²) in [4.78, 5) is 4.75. The van der Waals surface area contributed by atoms with Crippen molar-refractivity contribution in [2.45, 2.75) is 66.3 Å². The molecule has 0 amide bonds. The molecule has 1 aromatic heterocycles. The Kier molecular flexibility index (Phi) is 9.07. The predicted molar refractivity (Wildman–Crippen MR) is 92.8 cm³/mol. The highest BCUT2D eigenvalue weighted by Crippen LogP contribution is 2.14. The third-order valence-electron chi connectivity index (χ3n) is 3.93. The third-order valence-corrected chi connectivity index (χ3v) is 3.93. The zero-order chi connectivity index (χ0) is 15.5. The van der Waals surface area contributed by atoms with E-state index < -0.39 is 0 Å².